The molecule has 0 aromatic heterocycles. The zero-order valence-electron chi connectivity index (χ0n) is 41.6. The lowest BCUT2D eigenvalue weighted by atomic mass is 9.85. The molecule has 13 heteroatoms. The summed E-state index contributed by atoms with van der Waals surface area (Å²) in [5.74, 6) is -0.506. The highest BCUT2D eigenvalue weighted by molar-refractivity contribution is 7.47. The average molecular weight is 975 g/mol. The van der Waals surface area contributed by atoms with Gasteiger partial charge in [0.1, 0.15) is 42.7 Å². The van der Waals surface area contributed by atoms with Crippen LogP contribution in [0.25, 0.3) is 0 Å². The van der Waals surface area contributed by atoms with Gasteiger partial charge in [0.25, 0.3) is 0 Å². The number of unbranched alkanes of at least 4 members (excludes halogenated alkanes) is 12. The van der Waals surface area contributed by atoms with E-state index < -0.39 is 63.1 Å². The number of ether oxygens (including phenoxy) is 2. The second kappa shape index (κ2) is 44.0. The van der Waals surface area contributed by atoms with Crippen LogP contribution in [0.3, 0.4) is 0 Å². The average Bonchev–Trinajstić information content (AvgIpc) is 3.32. The van der Waals surface area contributed by atoms with Crippen LogP contribution < -0.4 is 0 Å². The summed E-state index contributed by atoms with van der Waals surface area (Å²) in [6.45, 7) is 4.00. The van der Waals surface area contributed by atoms with Crippen molar-refractivity contribution in [3.63, 3.8) is 0 Å². The Morgan fingerprint density at radius 1 is 0.485 bits per heavy atom. The molecular weight excluding hydrogens is 884 g/mol. The molecule has 0 saturated heterocycles. The smallest absolute Gasteiger partial charge is 0.457 e. The van der Waals surface area contributed by atoms with Crippen LogP contribution in [0.4, 0.5) is 0 Å². The van der Waals surface area contributed by atoms with Gasteiger partial charge in [-0.1, -0.05) is 168 Å². The minimum atomic E-state index is -5.05. The number of hydrogen-bond donors (Lipinski definition) is 6. The minimum absolute atomic E-state index is 0.118. The largest absolute Gasteiger partial charge is 0.472 e. The maximum Gasteiger partial charge on any atom is 0.472 e. The van der Waals surface area contributed by atoms with Crippen molar-refractivity contribution < 1.29 is 58.3 Å². The Morgan fingerprint density at radius 3 is 1.32 bits per heavy atom. The molecule has 388 valence electrons. The molecule has 0 heterocycles. The monoisotopic (exact) mass is 975 g/mol. The molecule has 6 N–H and O–H groups in total. The van der Waals surface area contributed by atoms with Gasteiger partial charge in [0, 0.05) is 13.0 Å². The van der Waals surface area contributed by atoms with Gasteiger partial charge in [-0.15, -0.1) is 0 Å². The summed E-state index contributed by atoms with van der Waals surface area (Å²) in [6, 6.07) is 0. The van der Waals surface area contributed by atoms with Crippen LogP contribution in [0.5, 0.6) is 0 Å². The highest BCUT2D eigenvalue weighted by Gasteiger charge is 2.51. The summed E-state index contributed by atoms with van der Waals surface area (Å²) in [7, 11) is -5.05. The third-order valence-electron chi connectivity index (χ3n) is 11.1. The lowest BCUT2D eigenvalue weighted by Crippen LogP contribution is -2.64. The van der Waals surface area contributed by atoms with Crippen LogP contribution >= 0.6 is 7.82 Å². The first-order valence-corrected chi connectivity index (χ1v) is 27.2. The highest BCUT2D eigenvalue weighted by atomic mass is 31.2. The lowest BCUT2D eigenvalue weighted by molar-refractivity contribution is -0.220. The molecule has 1 saturated carbocycles. The van der Waals surface area contributed by atoms with Gasteiger partial charge in [0.15, 0.2) is 0 Å². The fraction of sp³-hybridized carbons (Fsp3) is 0.655. The van der Waals surface area contributed by atoms with E-state index in [1.54, 1.807) is 0 Å². The first-order chi connectivity index (χ1) is 33.0. The first-order valence-electron chi connectivity index (χ1n) is 25.7. The van der Waals surface area contributed by atoms with Gasteiger partial charge < -0.3 is 39.9 Å². The number of hydrogen-bond acceptors (Lipinski definition) is 11. The Hall–Kier alpha value is -3.00. The lowest BCUT2D eigenvalue weighted by Gasteiger charge is -2.41. The molecule has 6 atom stereocenters. The summed E-state index contributed by atoms with van der Waals surface area (Å²) in [6.07, 6.45) is 50.1. The van der Waals surface area contributed by atoms with Crippen molar-refractivity contribution in [3.8, 4) is 0 Å². The molecular formula is C55H91O12P. The van der Waals surface area contributed by atoms with Gasteiger partial charge >= 0.3 is 13.8 Å². The van der Waals surface area contributed by atoms with E-state index in [1.165, 1.54) is 32.1 Å². The minimum Gasteiger partial charge on any atom is -0.457 e. The standard InChI is InChI=1S/C55H91O12P/c1-3-5-7-9-11-13-15-17-19-21-22-23-24-25-26-27-29-31-33-35-37-39-41-43-45-64-46-48(47-65-68(62,63)67-55-53(60)51(58)50(57)52(59)54(55)61)66-49(56)44-42-40-38-36-34-32-30-28-20-18-16-14-12-10-8-6-4-2/h5,7,11-14,17-20,22-23,25-26,29,31,35,37,48,50-55,57-61H,3-4,6,8-10,15-16,21,24,27-28,30,32-34,36,38-47H2,1-2H3,(H,62,63)/b7-5-,13-11-,14-12-,19-17-,20-18-,23-22-,26-25-,31-29-,37-35-. The van der Waals surface area contributed by atoms with Gasteiger partial charge in [0.05, 0.1) is 13.2 Å². The fourth-order valence-corrected chi connectivity index (χ4v) is 8.04. The van der Waals surface area contributed by atoms with Gasteiger partial charge in [-0.05, 0) is 103 Å². The quantitative estimate of drug-likeness (QED) is 0.0147. The van der Waals surface area contributed by atoms with E-state index in [4.69, 9.17) is 18.5 Å². The van der Waals surface area contributed by atoms with Crippen molar-refractivity contribution in [2.75, 3.05) is 19.8 Å². The summed E-state index contributed by atoms with van der Waals surface area (Å²) in [4.78, 5) is 23.2. The van der Waals surface area contributed by atoms with Crippen molar-refractivity contribution in [1.82, 2.24) is 0 Å². The van der Waals surface area contributed by atoms with Gasteiger partial charge in [-0.2, -0.15) is 0 Å². The maximum absolute atomic E-state index is 12.9. The van der Waals surface area contributed by atoms with Crippen LogP contribution in [0, 0.1) is 0 Å². The molecule has 12 nitrogen and oxygen atoms in total. The fourth-order valence-electron chi connectivity index (χ4n) is 7.07. The van der Waals surface area contributed by atoms with E-state index in [0.29, 0.717) is 13.0 Å². The van der Waals surface area contributed by atoms with Crippen molar-refractivity contribution in [2.24, 2.45) is 0 Å². The van der Waals surface area contributed by atoms with Crippen molar-refractivity contribution in [1.29, 1.82) is 0 Å². The number of aliphatic hydroxyl groups is 5. The van der Waals surface area contributed by atoms with E-state index in [1.807, 2.05) is 0 Å². The molecule has 0 amide bonds. The Morgan fingerprint density at radius 2 is 0.868 bits per heavy atom. The Labute approximate surface area is 410 Å². The van der Waals surface area contributed by atoms with Crippen LogP contribution in [-0.2, 0) is 27.9 Å². The molecule has 1 rings (SSSR count). The Balaban J connectivity index is 2.40. The van der Waals surface area contributed by atoms with E-state index in [-0.39, 0.29) is 13.0 Å². The number of rotatable bonds is 42. The number of aliphatic hydroxyl groups excluding tert-OH is 5. The Bertz CT molecular complexity index is 1530. The zero-order valence-corrected chi connectivity index (χ0v) is 42.5. The Kier molecular flexibility index (Phi) is 40.8. The maximum atomic E-state index is 12.9. The molecule has 0 aromatic carbocycles. The third-order valence-corrected chi connectivity index (χ3v) is 12.1. The van der Waals surface area contributed by atoms with E-state index in [0.717, 1.165) is 109 Å². The molecule has 1 aliphatic carbocycles. The van der Waals surface area contributed by atoms with Gasteiger partial charge in [-0.25, -0.2) is 4.57 Å². The predicted octanol–water partition coefficient (Wildman–Crippen LogP) is 11.6. The molecule has 0 spiro atoms. The van der Waals surface area contributed by atoms with Gasteiger partial charge in [0.2, 0.25) is 0 Å². The predicted molar refractivity (Wildman–Crippen MR) is 276 cm³/mol. The number of esters is 1. The normalized spacial score (nSPS) is 22.1. The van der Waals surface area contributed by atoms with Gasteiger partial charge in [-0.3, -0.25) is 13.8 Å². The topological polar surface area (TPSA) is 192 Å². The third kappa shape index (κ3) is 35.2. The molecule has 1 aliphatic rings. The molecule has 1 fully saturated rings. The summed E-state index contributed by atoms with van der Waals surface area (Å²) in [5, 5.41) is 50.3. The van der Waals surface area contributed by atoms with Crippen molar-refractivity contribution >= 4 is 13.8 Å². The molecule has 0 aromatic rings. The molecule has 0 aliphatic heterocycles. The first kappa shape index (κ1) is 63.0. The SMILES string of the molecule is CC/C=C\C/C=C\C/C=C\C/C=C\C/C=C\C/C=C\C/C=C\CCCCOCC(COP(=O)(O)OC1C(O)C(O)C(O)C(O)C1O)OC(=O)CCCCCCCCC/C=C\C/C=C\CCCCC. The molecule has 0 radical (unpaired) electrons. The summed E-state index contributed by atoms with van der Waals surface area (Å²) in [5.41, 5.74) is 0. The second-order valence-electron chi connectivity index (χ2n) is 17.3. The van der Waals surface area contributed by atoms with E-state index in [9.17, 15) is 39.8 Å². The summed E-state index contributed by atoms with van der Waals surface area (Å²) >= 11 is 0. The van der Waals surface area contributed by atoms with Crippen LogP contribution in [0.1, 0.15) is 168 Å². The highest BCUT2D eigenvalue weighted by Crippen LogP contribution is 2.47. The molecule has 6 unspecified atom stereocenters. The molecule has 68 heavy (non-hydrogen) atoms. The number of allylic oxidation sites excluding steroid dienone is 18. The van der Waals surface area contributed by atoms with Crippen LogP contribution in [-0.4, -0.2) is 98.9 Å². The second-order valence-corrected chi connectivity index (χ2v) is 18.7. The van der Waals surface area contributed by atoms with Crippen molar-refractivity contribution in [3.05, 3.63) is 109 Å². The van der Waals surface area contributed by atoms with Crippen molar-refractivity contribution in [2.45, 2.75) is 211 Å². The zero-order chi connectivity index (χ0) is 49.8. The van der Waals surface area contributed by atoms with Crippen LogP contribution in [0.2, 0.25) is 0 Å². The van der Waals surface area contributed by atoms with E-state index >= 15 is 0 Å². The van der Waals surface area contributed by atoms with E-state index in [2.05, 4.69) is 123 Å². The molecule has 0 bridgehead atoms. The summed E-state index contributed by atoms with van der Waals surface area (Å²) < 4.78 is 34.2. The number of phosphoric ester groups is 1. The number of carbonyl (C=O) groups excluding carboxylic acids is 1. The number of carbonyl (C=O) groups is 1. The van der Waals surface area contributed by atoms with Crippen LogP contribution in [0.15, 0.2) is 109 Å². The number of phosphoric acid groups is 1.